The molecule has 1 saturated heterocycles. The van der Waals surface area contributed by atoms with Gasteiger partial charge in [-0.05, 0) is 44.9 Å². The van der Waals surface area contributed by atoms with E-state index in [-0.39, 0.29) is 22.7 Å². The third-order valence-corrected chi connectivity index (χ3v) is 6.06. The molecule has 0 bridgehead atoms. The van der Waals surface area contributed by atoms with Crippen LogP contribution in [-0.2, 0) is 10.0 Å². The summed E-state index contributed by atoms with van der Waals surface area (Å²) in [6.45, 7) is 3.88. The third-order valence-electron chi connectivity index (χ3n) is 3.64. The lowest BCUT2D eigenvalue weighted by Gasteiger charge is -2.37. The molecule has 0 amide bonds. The van der Waals surface area contributed by atoms with E-state index in [4.69, 9.17) is 17.3 Å². The maximum atomic E-state index is 12.8. The van der Waals surface area contributed by atoms with Crippen LogP contribution >= 0.6 is 11.6 Å². The van der Waals surface area contributed by atoms with Crippen LogP contribution in [0.4, 0.5) is 5.69 Å². The molecule has 2 unspecified atom stereocenters. The molecule has 2 rings (SSSR count). The maximum Gasteiger partial charge on any atom is 0.245 e. The van der Waals surface area contributed by atoms with Gasteiger partial charge in [-0.25, -0.2) is 8.42 Å². The Balaban J connectivity index is 2.49. The quantitative estimate of drug-likeness (QED) is 0.854. The standard InChI is InChI=1S/C13H19ClN2O2S/c1-9-4-3-5-10(2)16(9)19(17,18)13-8-11(14)6-7-12(13)15/h6-10H,3-5,15H2,1-2H3. The zero-order chi connectivity index (χ0) is 14.2. The molecule has 0 radical (unpaired) electrons. The monoisotopic (exact) mass is 302 g/mol. The summed E-state index contributed by atoms with van der Waals surface area (Å²) in [6, 6.07) is 4.55. The lowest BCUT2D eigenvalue weighted by Crippen LogP contribution is -2.47. The van der Waals surface area contributed by atoms with Crippen LogP contribution in [0.1, 0.15) is 33.1 Å². The summed E-state index contributed by atoms with van der Waals surface area (Å²) in [6.07, 6.45) is 2.81. The molecule has 106 valence electrons. The minimum Gasteiger partial charge on any atom is -0.398 e. The number of hydrogen-bond donors (Lipinski definition) is 1. The Labute approximate surface area is 119 Å². The molecule has 1 aromatic rings. The van der Waals surface area contributed by atoms with Crippen LogP contribution in [-0.4, -0.2) is 24.8 Å². The van der Waals surface area contributed by atoms with Gasteiger partial charge in [0.05, 0.1) is 5.69 Å². The molecule has 0 aliphatic carbocycles. The first kappa shape index (κ1) is 14.6. The van der Waals surface area contributed by atoms with Crippen molar-refractivity contribution in [3.63, 3.8) is 0 Å². The first-order valence-electron chi connectivity index (χ1n) is 6.42. The number of halogens is 1. The van der Waals surface area contributed by atoms with E-state index in [0.29, 0.717) is 5.02 Å². The lowest BCUT2D eigenvalue weighted by atomic mass is 10.0. The van der Waals surface area contributed by atoms with Crippen LogP contribution in [0.2, 0.25) is 5.02 Å². The fourth-order valence-corrected chi connectivity index (χ4v) is 4.98. The number of rotatable bonds is 2. The Morgan fingerprint density at radius 3 is 2.42 bits per heavy atom. The van der Waals surface area contributed by atoms with E-state index >= 15 is 0 Å². The number of nitrogens with two attached hydrogens (primary N) is 1. The second-order valence-corrected chi connectivity index (χ2v) is 7.39. The van der Waals surface area contributed by atoms with E-state index in [2.05, 4.69) is 0 Å². The van der Waals surface area contributed by atoms with Gasteiger partial charge in [-0.15, -0.1) is 0 Å². The van der Waals surface area contributed by atoms with Crippen molar-refractivity contribution in [1.29, 1.82) is 0 Å². The van der Waals surface area contributed by atoms with E-state index in [1.54, 1.807) is 10.4 Å². The van der Waals surface area contributed by atoms with Gasteiger partial charge < -0.3 is 5.73 Å². The fraction of sp³-hybridized carbons (Fsp3) is 0.538. The molecule has 0 spiro atoms. The summed E-state index contributed by atoms with van der Waals surface area (Å²) < 4.78 is 27.1. The van der Waals surface area contributed by atoms with Gasteiger partial charge in [-0.1, -0.05) is 18.0 Å². The highest BCUT2D eigenvalue weighted by atomic mass is 35.5. The van der Waals surface area contributed by atoms with Gasteiger partial charge in [0, 0.05) is 17.1 Å². The molecular formula is C13H19ClN2O2S. The summed E-state index contributed by atoms with van der Waals surface area (Å²) >= 11 is 5.90. The smallest absolute Gasteiger partial charge is 0.245 e. The molecule has 19 heavy (non-hydrogen) atoms. The molecule has 0 aromatic heterocycles. The molecule has 1 aliphatic heterocycles. The molecular weight excluding hydrogens is 284 g/mol. The molecule has 6 heteroatoms. The Hall–Kier alpha value is -0.780. The number of nitrogens with zero attached hydrogens (tertiary/aromatic N) is 1. The Bertz CT molecular complexity index is 564. The van der Waals surface area contributed by atoms with Crippen molar-refractivity contribution in [1.82, 2.24) is 4.31 Å². The second-order valence-electron chi connectivity index (χ2n) is 5.15. The van der Waals surface area contributed by atoms with Gasteiger partial charge in [-0.3, -0.25) is 0 Å². The number of anilines is 1. The summed E-state index contributed by atoms with van der Waals surface area (Å²) in [4.78, 5) is 0.112. The van der Waals surface area contributed by atoms with Crippen LogP contribution in [0.25, 0.3) is 0 Å². The second kappa shape index (κ2) is 5.31. The topological polar surface area (TPSA) is 63.4 Å². The largest absolute Gasteiger partial charge is 0.398 e. The van der Waals surface area contributed by atoms with Gasteiger partial charge in [-0.2, -0.15) is 4.31 Å². The van der Waals surface area contributed by atoms with Crippen molar-refractivity contribution >= 4 is 27.3 Å². The van der Waals surface area contributed by atoms with Crippen LogP contribution < -0.4 is 5.73 Å². The van der Waals surface area contributed by atoms with E-state index < -0.39 is 10.0 Å². The first-order chi connectivity index (χ1) is 8.84. The highest BCUT2D eigenvalue weighted by Gasteiger charge is 2.36. The van der Waals surface area contributed by atoms with Gasteiger partial charge in [0.15, 0.2) is 0 Å². The van der Waals surface area contributed by atoms with Gasteiger partial charge >= 0.3 is 0 Å². The van der Waals surface area contributed by atoms with Crippen molar-refractivity contribution < 1.29 is 8.42 Å². The van der Waals surface area contributed by atoms with Gasteiger partial charge in [0.2, 0.25) is 10.0 Å². The summed E-state index contributed by atoms with van der Waals surface area (Å²) in [5.74, 6) is 0. The van der Waals surface area contributed by atoms with Crippen LogP contribution in [0.15, 0.2) is 23.1 Å². The normalized spacial score (nSPS) is 25.4. The van der Waals surface area contributed by atoms with Crippen LogP contribution in [0.5, 0.6) is 0 Å². The molecule has 1 heterocycles. The molecule has 1 aliphatic rings. The maximum absolute atomic E-state index is 12.8. The zero-order valence-corrected chi connectivity index (χ0v) is 12.7. The van der Waals surface area contributed by atoms with Gasteiger partial charge in [0.1, 0.15) is 4.90 Å². The average molecular weight is 303 g/mol. The fourth-order valence-electron chi connectivity index (χ4n) is 2.72. The van der Waals surface area contributed by atoms with Crippen molar-refractivity contribution in [2.24, 2.45) is 0 Å². The first-order valence-corrected chi connectivity index (χ1v) is 8.24. The Morgan fingerprint density at radius 1 is 1.26 bits per heavy atom. The molecule has 1 fully saturated rings. The van der Waals surface area contributed by atoms with Crippen molar-refractivity contribution in [3.05, 3.63) is 23.2 Å². The van der Waals surface area contributed by atoms with Crippen LogP contribution in [0, 0.1) is 0 Å². The number of piperidine rings is 1. The lowest BCUT2D eigenvalue weighted by molar-refractivity contribution is 0.204. The highest BCUT2D eigenvalue weighted by Crippen LogP contribution is 2.32. The van der Waals surface area contributed by atoms with E-state index in [1.807, 2.05) is 13.8 Å². The Kier molecular flexibility index (Phi) is 4.08. The molecule has 2 atom stereocenters. The molecule has 2 N–H and O–H groups in total. The Morgan fingerprint density at radius 2 is 1.84 bits per heavy atom. The van der Waals surface area contributed by atoms with Crippen LogP contribution in [0.3, 0.4) is 0 Å². The van der Waals surface area contributed by atoms with Crippen molar-refractivity contribution in [2.45, 2.75) is 50.1 Å². The van der Waals surface area contributed by atoms with E-state index in [9.17, 15) is 8.42 Å². The third kappa shape index (κ3) is 2.73. The summed E-state index contributed by atoms with van der Waals surface area (Å²) in [7, 11) is -3.59. The van der Waals surface area contributed by atoms with E-state index in [0.717, 1.165) is 19.3 Å². The van der Waals surface area contributed by atoms with Gasteiger partial charge in [0.25, 0.3) is 0 Å². The number of hydrogen-bond acceptors (Lipinski definition) is 3. The SMILES string of the molecule is CC1CCCC(C)N1S(=O)(=O)c1cc(Cl)ccc1N. The zero-order valence-electron chi connectivity index (χ0n) is 11.1. The average Bonchev–Trinajstić information content (AvgIpc) is 2.31. The van der Waals surface area contributed by atoms with E-state index in [1.165, 1.54) is 12.1 Å². The van der Waals surface area contributed by atoms with Crippen molar-refractivity contribution in [2.75, 3.05) is 5.73 Å². The highest BCUT2D eigenvalue weighted by molar-refractivity contribution is 7.89. The van der Waals surface area contributed by atoms with Crippen molar-refractivity contribution in [3.8, 4) is 0 Å². The predicted molar refractivity (Wildman–Crippen MR) is 77.7 cm³/mol. The molecule has 1 aromatic carbocycles. The molecule has 4 nitrogen and oxygen atoms in total. The summed E-state index contributed by atoms with van der Waals surface area (Å²) in [5, 5.41) is 0.380. The number of nitrogen functional groups attached to an aromatic ring is 1. The predicted octanol–water partition coefficient (Wildman–Crippen LogP) is 2.87. The summed E-state index contributed by atoms with van der Waals surface area (Å²) in [5.41, 5.74) is 6.05. The number of sulfonamides is 1. The minimum absolute atomic E-state index is 0.00729. The minimum atomic E-state index is -3.59. The number of benzene rings is 1. The molecule has 0 saturated carbocycles.